The number of nitriles is 1. The zero-order chi connectivity index (χ0) is 16.6. The van der Waals surface area contributed by atoms with Crippen LogP contribution in [0.1, 0.15) is 5.56 Å². The van der Waals surface area contributed by atoms with Gasteiger partial charge in [0.2, 0.25) is 0 Å². The molecule has 1 amide bonds. The molecule has 1 aliphatic rings. The van der Waals surface area contributed by atoms with Crippen LogP contribution >= 0.6 is 11.3 Å². The van der Waals surface area contributed by atoms with Crippen molar-refractivity contribution in [1.29, 1.82) is 5.26 Å². The van der Waals surface area contributed by atoms with Gasteiger partial charge in [-0.15, -0.1) is 11.3 Å². The number of nitrogens with zero attached hydrogens (tertiary/aromatic N) is 3. The number of benzene rings is 1. The monoisotopic (exact) mass is 339 g/mol. The number of ether oxygens (including phenoxy) is 1. The van der Waals surface area contributed by atoms with E-state index in [0.717, 1.165) is 11.3 Å². The first-order chi connectivity index (χ1) is 10.9. The Labute approximate surface area is 132 Å². The van der Waals surface area contributed by atoms with E-state index in [1.54, 1.807) is 29.6 Å². The van der Waals surface area contributed by atoms with Crippen LogP contribution in [-0.4, -0.2) is 29.9 Å². The fourth-order valence-electron chi connectivity index (χ4n) is 2.10. The number of anilines is 1. The third-order valence-electron chi connectivity index (χ3n) is 3.26. The Kier molecular flexibility index (Phi) is 3.69. The Morgan fingerprint density at radius 2 is 2.04 bits per heavy atom. The lowest BCUT2D eigenvalue weighted by atomic mass is 10.1. The quantitative estimate of drug-likeness (QED) is 0.839. The molecule has 1 aliphatic heterocycles. The molecule has 118 valence electrons. The summed E-state index contributed by atoms with van der Waals surface area (Å²) in [5.41, 5.74) is 1.53. The number of amides is 1. The Morgan fingerprint density at radius 1 is 1.35 bits per heavy atom. The molecule has 1 aromatic heterocycles. The largest absolute Gasteiger partial charge is 0.447 e. The molecule has 0 saturated carbocycles. The molecule has 5 nitrogen and oxygen atoms in total. The second kappa shape index (κ2) is 5.55. The summed E-state index contributed by atoms with van der Waals surface area (Å²) < 4.78 is 43.4. The molecule has 1 unspecified atom stereocenters. The first-order valence-corrected chi connectivity index (χ1v) is 7.27. The van der Waals surface area contributed by atoms with Gasteiger partial charge in [-0.05, 0) is 12.1 Å². The van der Waals surface area contributed by atoms with Crippen molar-refractivity contribution < 1.29 is 22.7 Å². The second-order valence-corrected chi connectivity index (χ2v) is 5.55. The number of carbonyl (C=O) groups is 1. The van der Waals surface area contributed by atoms with Gasteiger partial charge in [0.1, 0.15) is 6.61 Å². The number of hydrogen-bond acceptors (Lipinski definition) is 5. The summed E-state index contributed by atoms with van der Waals surface area (Å²) >= 11 is 0.924. The lowest BCUT2D eigenvalue weighted by Gasteiger charge is -2.20. The normalized spacial score (nSPS) is 17.9. The molecule has 9 heteroatoms. The standard InChI is InChI=1S/C14H8F3N3O2S/c15-14(16,17)11-6-22-13(21)20(11)12-19-10(7-23-12)9-3-1-8(5-18)2-4-9/h1-4,7,11H,6H2. The van der Waals surface area contributed by atoms with E-state index in [9.17, 15) is 18.0 Å². The first-order valence-electron chi connectivity index (χ1n) is 6.39. The van der Waals surface area contributed by atoms with Gasteiger partial charge in [-0.1, -0.05) is 12.1 Å². The smallest absolute Gasteiger partial charge is 0.416 e. The lowest BCUT2D eigenvalue weighted by molar-refractivity contribution is -0.147. The molecule has 0 N–H and O–H groups in total. The summed E-state index contributed by atoms with van der Waals surface area (Å²) in [4.78, 5) is 16.2. The van der Waals surface area contributed by atoms with Crippen molar-refractivity contribution in [2.75, 3.05) is 11.5 Å². The van der Waals surface area contributed by atoms with Gasteiger partial charge in [0.05, 0.1) is 17.3 Å². The molecule has 1 atom stereocenters. The number of rotatable bonds is 2. The lowest BCUT2D eigenvalue weighted by Crippen LogP contribution is -2.44. The van der Waals surface area contributed by atoms with Gasteiger partial charge < -0.3 is 4.74 Å². The van der Waals surface area contributed by atoms with E-state index in [1.807, 2.05) is 6.07 Å². The maximum absolute atomic E-state index is 13.0. The summed E-state index contributed by atoms with van der Waals surface area (Å²) in [6.45, 7) is -0.742. The summed E-state index contributed by atoms with van der Waals surface area (Å²) in [6, 6.07) is 6.38. The van der Waals surface area contributed by atoms with E-state index >= 15 is 0 Å². The molecule has 2 heterocycles. The van der Waals surface area contributed by atoms with Gasteiger partial charge in [-0.25, -0.2) is 14.7 Å². The zero-order valence-electron chi connectivity index (χ0n) is 11.4. The van der Waals surface area contributed by atoms with Gasteiger partial charge in [-0.3, -0.25) is 0 Å². The number of alkyl halides is 3. The van der Waals surface area contributed by atoms with Crippen molar-refractivity contribution in [2.45, 2.75) is 12.2 Å². The molecule has 1 fully saturated rings. The topological polar surface area (TPSA) is 66.2 Å². The summed E-state index contributed by atoms with van der Waals surface area (Å²) in [7, 11) is 0. The Hall–Kier alpha value is -2.60. The molecule has 1 aromatic carbocycles. The van der Waals surface area contributed by atoms with Gasteiger partial charge >= 0.3 is 12.3 Å². The maximum Gasteiger partial charge on any atom is 0.416 e. The number of carbonyl (C=O) groups excluding carboxylic acids is 1. The van der Waals surface area contributed by atoms with E-state index in [0.29, 0.717) is 21.7 Å². The van der Waals surface area contributed by atoms with Crippen LogP contribution in [0.15, 0.2) is 29.6 Å². The third kappa shape index (κ3) is 2.85. The van der Waals surface area contributed by atoms with Crippen molar-refractivity contribution in [3.05, 3.63) is 35.2 Å². The van der Waals surface area contributed by atoms with Crippen molar-refractivity contribution in [3.8, 4) is 17.3 Å². The van der Waals surface area contributed by atoms with Crippen molar-refractivity contribution in [3.63, 3.8) is 0 Å². The van der Waals surface area contributed by atoms with Crippen molar-refractivity contribution in [2.24, 2.45) is 0 Å². The second-order valence-electron chi connectivity index (χ2n) is 4.71. The fraction of sp³-hybridized carbons (Fsp3) is 0.214. The SMILES string of the molecule is N#Cc1ccc(-c2csc(N3C(=O)OCC3C(F)(F)F)n2)cc1. The highest BCUT2D eigenvalue weighted by molar-refractivity contribution is 7.14. The number of aromatic nitrogens is 1. The zero-order valence-corrected chi connectivity index (χ0v) is 12.2. The highest BCUT2D eigenvalue weighted by atomic mass is 32.1. The molecule has 0 bridgehead atoms. The molecule has 0 radical (unpaired) electrons. The van der Waals surface area contributed by atoms with E-state index < -0.39 is 24.9 Å². The van der Waals surface area contributed by atoms with Crippen molar-refractivity contribution in [1.82, 2.24) is 4.98 Å². The van der Waals surface area contributed by atoms with Crippen LogP contribution < -0.4 is 4.90 Å². The molecule has 0 spiro atoms. The molecule has 2 aromatic rings. The number of cyclic esters (lactones) is 1. The van der Waals surface area contributed by atoms with Gasteiger partial charge in [0.25, 0.3) is 0 Å². The van der Waals surface area contributed by atoms with Gasteiger partial charge in [0.15, 0.2) is 11.2 Å². The van der Waals surface area contributed by atoms with Crippen LogP contribution in [0.5, 0.6) is 0 Å². The van der Waals surface area contributed by atoms with E-state index in [1.165, 1.54) is 0 Å². The van der Waals surface area contributed by atoms with E-state index in [-0.39, 0.29) is 5.13 Å². The summed E-state index contributed by atoms with van der Waals surface area (Å²) in [6.07, 6.45) is -5.65. The molecular formula is C14H8F3N3O2S. The fourth-order valence-corrected chi connectivity index (χ4v) is 2.97. The number of halogens is 3. The predicted octanol–water partition coefficient (Wildman–Crippen LogP) is 3.57. The number of hydrogen-bond donors (Lipinski definition) is 0. The van der Waals surface area contributed by atoms with Gasteiger partial charge in [-0.2, -0.15) is 18.4 Å². The Balaban J connectivity index is 1.91. The van der Waals surface area contributed by atoms with Crippen LogP contribution in [0.2, 0.25) is 0 Å². The van der Waals surface area contributed by atoms with Crippen LogP contribution in [0.3, 0.4) is 0 Å². The molecule has 0 aliphatic carbocycles. The van der Waals surface area contributed by atoms with Crippen molar-refractivity contribution >= 4 is 22.6 Å². The van der Waals surface area contributed by atoms with Crippen LogP contribution in [0.4, 0.5) is 23.1 Å². The molecule has 23 heavy (non-hydrogen) atoms. The molecule has 1 saturated heterocycles. The number of thiazole rings is 1. The minimum Gasteiger partial charge on any atom is -0.447 e. The first kappa shape index (κ1) is 15.3. The summed E-state index contributed by atoms with van der Waals surface area (Å²) in [5, 5.41) is 10.2. The van der Waals surface area contributed by atoms with E-state index in [2.05, 4.69) is 9.72 Å². The average Bonchev–Trinajstić information content (AvgIpc) is 3.13. The maximum atomic E-state index is 13.0. The van der Waals surface area contributed by atoms with Crippen LogP contribution in [-0.2, 0) is 4.74 Å². The highest BCUT2D eigenvalue weighted by Crippen LogP contribution is 2.36. The third-order valence-corrected chi connectivity index (χ3v) is 4.10. The van der Waals surface area contributed by atoms with Crippen LogP contribution in [0, 0.1) is 11.3 Å². The highest BCUT2D eigenvalue weighted by Gasteiger charge is 2.52. The summed E-state index contributed by atoms with van der Waals surface area (Å²) in [5.74, 6) is 0. The van der Waals surface area contributed by atoms with Crippen LogP contribution in [0.25, 0.3) is 11.3 Å². The van der Waals surface area contributed by atoms with E-state index in [4.69, 9.17) is 5.26 Å². The Bertz CT molecular complexity index is 780. The average molecular weight is 339 g/mol. The van der Waals surface area contributed by atoms with Gasteiger partial charge in [0, 0.05) is 10.9 Å². The predicted molar refractivity (Wildman–Crippen MR) is 75.9 cm³/mol. The minimum atomic E-state index is -4.59. The molecular weight excluding hydrogens is 331 g/mol. The molecule has 3 rings (SSSR count). The Morgan fingerprint density at radius 3 is 2.65 bits per heavy atom. The minimum absolute atomic E-state index is 0.0748.